The molecule has 0 aromatic heterocycles. The van der Waals surface area contributed by atoms with Gasteiger partial charge in [-0.15, -0.1) is 0 Å². The van der Waals surface area contributed by atoms with E-state index in [4.69, 9.17) is 5.11 Å². The third-order valence-electron chi connectivity index (χ3n) is 1.63. The van der Waals surface area contributed by atoms with Crippen molar-refractivity contribution in [3.05, 3.63) is 35.1 Å². The van der Waals surface area contributed by atoms with Gasteiger partial charge in [0.15, 0.2) is 11.6 Å². The zero-order valence-electron chi connectivity index (χ0n) is 6.90. The van der Waals surface area contributed by atoms with Crippen molar-refractivity contribution in [2.45, 2.75) is 5.92 Å². The number of carboxylic acid groups (broad SMARTS) is 1. The average molecular weight is 226 g/mol. The minimum absolute atomic E-state index is 0.227. The van der Waals surface area contributed by atoms with Crippen LogP contribution in [0.25, 0.3) is 0 Å². The lowest BCUT2D eigenvalue weighted by atomic mass is 10.1. The van der Waals surface area contributed by atoms with Crippen LogP contribution in [0, 0.1) is 17.5 Å². The second-order valence-electron chi connectivity index (χ2n) is 2.60. The highest BCUT2D eigenvalue weighted by Crippen LogP contribution is 2.33. The summed E-state index contributed by atoms with van der Waals surface area (Å²) in [6.07, 6.45) is 0. The highest BCUT2D eigenvalue weighted by atomic mass is 19.3. The smallest absolute Gasteiger partial charge is 0.379 e. The third-order valence-corrected chi connectivity index (χ3v) is 1.63. The molecule has 0 aliphatic carbocycles. The van der Waals surface area contributed by atoms with Crippen LogP contribution in [0.15, 0.2) is 12.1 Å². The Morgan fingerprint density at radius 3 is 2.07 bits per heavy atom. The van der Waals surface area contributed by atoms with Gasteiger partial charge in [0.05, 0.1) is 0 Å². The molecule has 0 spiro atoms. The number of aliphatic carboxylic acids is 1. The molecule has 0 aliphatic rings. The van der Waals surface area contributed by atoms with Gasteiger partial charge in [-0.05, 0) is 12.1 Å². The van der Waals surface area contributed by atoms with Crippen molar-refractivity contribution in [1.82, 2.24) is 0 Å². The van der Waals surface area contributed by atoms with Gasteiger partial charge in [0.2, 0.25) is 0 Å². The van der Waals surface area contributed by atoms with E-state index in [-0.39, 0.29) is 12.1 Å². The van der Waals surface area contributed by atoms with Gasteiger partial charge in [0.25, 0.3) is 0 Å². The first-order valence-corrected chi connectivity index (χ1v) is 3.53. The van der Waals surface area contributed by atoms with Gasteiger partial charge < -0.3 is 5.11 Å². The summed E-state index contributed by atoms with van der Waals surface area (Å²) in [5.74, 6) is -13.3. The Kier molecular flexibility index (Phi) is 2.65. The summed E-state index contributed by atoms with van der Waals surface area (Å²) in [6.45, 7) is 0. The Hall–Kier alpha value is -1.66. The summed E-state index contributed by atoms with van der Waals surface area (Å²) in [5, 5.41) is 8.03. The summed E-state index contributed by atoms with van der Waals surface area (Å²) in [4.78, 5) is 10.0. The lowest BCUT2D eigenvalue weighted by molar-refractivity contribution is -0.167. The van der Waals surface area contributed by atoms with Crippen LogP contribution in [-0.4, -0.2) is 11.1 Å². The van der Waals surface area contributed by atoms with Gasteiger partial charge in [-0.2, -0.15) is 8.78 Å². The minimum Gasteiger partial charge on any atom is -0.477 e. The molecule has 0 heterocycles. The van der Waals surface area contributed by atoms with E-state index in [1.165, 1.54) is 0 Å². The predicted molar refractivity (Wildman–Crippen MR) is 37.8 cm³/mol. The summed E-state index contributed by atoms with van der Waals surface area (Å²) >= 11 is 0. The number of halogens is 5. The molecule has 1 aromatic carbocycles. The molecule has 0 amide bonds. The fourth-order valence-electron chi connectivity index (χ4n) is 0.922. The first kappa shape index (κ1) is 11.4. The topological polar surface area (TPSA) is 37.3 Å². The first-order valence-electron chi connectivity index (χ1n) is 3.53. The molecule has 0 saturated heterocycles. The van der Waals surface area contributed by atoms with E-state index in [2.05, 4.69) is 0 Å². The summed E-state index contributed by atoms with van der Waals surface area (Å²) in [7, 11) is 0. The number of rotatable bonds is 2. The Morgan fingerprint density at radius 2 is 1.60 bits per heavy atom. The maximum absolute atomic E-state index is 12.8. The number of hydrogen-bond acceptors (Lipinski definition) is 1. The molecule has 7 heteroatoms. The van der Waals surface area contributed by atoms with Crippen molar-refractivity contribution >= 4 is 5.97 Å². The van der Waals surface area contributed by atoms with Crippen molar-refractivity contribution in [3.63, 3.8) is 0 Å². The molecule has 82 valence electrons. The second kappa shape index (κ2) is 3.48. The van der Waals surface area contributed by atoms with Crippen LogP contribution in [0.4, 0.5) is 22.0 Å². The van der Waals surface area contributed by atoms with Gasteiger partial charge in [-0.1, -0.05) is 0 Å². The average Bonchev–Trinajstić information content (AvgIpc) is 2.11. The zero-order chi connectivity index (χ0) is 11.8. The van der Waals surface area contributed by atoms with Crippen molar-refractivity contribution in [2.75, 3.05) is 0 Å². The van der Waals surface area contributed by atoms with Crippen molar-refractivity contribution in [1.29, 1.82) is 0 Å². The minimum atomic E-state index is -4.81. The highest BCUT2D eigenvalue weighted by Gasteiger charge is 2.46. The molecule has 0 atom stereocenters. The van der Waals surface area contributed by atoms with Gasteiger partial charge in [0, 0.05) is 0 Å². The molecular formula is C8H3F5O2. The quantitative estimate of drug-likeness (QED) is 0.620. The number of alkyl halides is 2. The predicted octanol–water partition coefficient (Wildman–Crippen LogP) is 2.28. The van der Waals surface area contributed by atoms with Gasteiger partial charge in [-0.25, -0.2) is 18.0 Å². The molecule has 15 heavy (non-hydrogen) atoms. The molecule has 0 unspecified atom stereocenters. The normalized spacial score (nSPS) is 11.5. The van der Waals surface area contributed by atoms with Crippen LogP contribution in [0.2, 0.25) is 0 Å². The molecule has 0 aliphatic heterocycles. The highest BCUT2D eigenvalue weighted by molar-refractivity contribution is 5.77. The second-order valence-corrected chi connectivity index (χ2v) is 2.60. The van der Waals surface area contributed by atoms with Crippen LogP contribution in [0.3, 0.4) is 0 Å². The van der Waals surface area contributed by atoms with Crippen molar-refractivity contribution in [3.8, 4) is 0 Å². The van der Waals surface area contributed by atoms with Crippen LogP contribution in [0.5, 0.6) is 0 Å². The van der Waals surface area contributed by atoms with E-state index in [9.17, 15) is 26.7 Å². The van der Waals surface area contributed by atoms with Crippen LogP contribution in [0.1, 0.15) is 5.56 Å². The summed E-state index contributed by atoms with van der Waals surface area (Å²) in [5.41, 5.74) is -2.10. The van der Waals surface area contributed by atoms with Crippen LogP contribution >= 0.6 is 0 Å². The van der Waals surface area contributed by atoms with E-state index >= 15 is 0 Å². The standard InChI is InChI=1S/C8H3F5O2/c9-3-1-2-4(10)6(11)5(3)8(12,13)7(14)15/h1-2H,(H,14,15). The number of carboxylic acids is 1. The molecule has 1 rings (SSSR count). The molecule has 0 fully saturated rings. The lowest BCUT2D eigenvalue weighted by Crippen LogP contribution is -2.28. The molecule has 0 saturated carbocycles. The van der Waals surface area contributed by atoms with Gasteiger partial charge in [0.1, 0.15) is 11.4 Å². The van der Waals surface area contributed by atoms with E-state index in [1.54, 1.807) is 0 Å². The van der Waals surface area contributed by atoms with E-state index in [1.807, 2.05) is 0 Å². The first-order chi connectivity index (χ1) is 6.78. The maximum atomic E-state index is 12.8. The van der Waals surface area contributed by atoms with E-state index < -0.39 is 34.9 Å². The van der Waals surface area contributed by atoms with E-state index in [0.717, 1.165) is 0 Å². The number of benzene rings is 1. The zero-order valence-corrected chi connectivity index (χ0v) is 6.90. The summed E-state index contributed by atoms with van der Waals surface area (Å²) in [6, 6.07) is 0.511. The number of hydrogen-bond donors (Lipinski definition) is 1. The summed E-state index contributed by atoms with van der Waals surface area (Å²) < 4.78 is 63.4. The Labute approximate surface area is 79.9 Å². The molecule has 0 bridgehead atoms. The third kappa shape index (κ3) is 1.77. The lowest BCUT2D eigenvalue weighted by Gasteiger charge is -2.13. The Morgan fingerprint density at radius 1 is 1.13 bits per heavy atom. The molecule has 1 N–H and O–H groups in total. The SMILES string of the molecule is O=C(O)C(F)(F)c1c(F)ccc(F)c1F. The Balaban J connectivity index is 3.49. The monoisotopic (exact) mass is 226 g/mol. The Bertz CT molecular complexity index is 416. The largest absolute Gasteiger partial charge is 0.477 e. The number of carbonyl (C=O) groups is 1. The fraction of sp³-hybridized carbons (Fsp3) is 0.125. The van der Waals surface area contributed by atoms with Crippen molar-refractivity contribution in [2.24, 2.45) is 0 Å². The maximum Gasteiger partial charge on any atom is 0.379 e. The van der Waals surface area contributed by atoms with Crippen LogP contribution < -0.4 is 0 Å². The molecule has 2 nitrogen and oxygen atoms in total. The molecule has 1 aromatic rings. The van der Waals surface area contributed by atoms with E-state index in [0.29, 0.717) is 0 Å². The fourth-order valence-corrected chi connectivity index (χ4v) is 0.922. The van der Waals surface area contributed by atoms with Crippen molar-refractivity contribution < 1.29 is 31.9 Å². The molecular weight excluding hydrogens is 223 g/mol. The van der Waals surface area contributed by atoms with Crippen LogP contribution in [-0.2, 0) is 10.7 Å². The van der Waals surface area contributed by atoms with Gasteiger partial charge >= 0.3 is 11.9 Å². The molecule has 0 radical (unpaired) electrons. The van der Waals surface area contributed by atoms with Gasteiger partial charge in [-0.3, -0.25) is 0 Å².